The number of fused-ring (bicyclic) bond motifs is 2. The van der Waals surface area contributed by atoms with E-state index >= 15 is 0 Å². The summed E-state index contributed by atoms with van der Waals surface area (Å²) in [5.74, 6) is -0.634. The molecule has 2 aliphatic heterocycles. The molecule has 2 aliphatic rings. The normalized spacial score (nSPS) is 30.1. The second-order valence-corrected chi connectivity index (χ2v) is 7.05. The lowest BCUT2D eigenvalue weighted by Gasteiger charge is -2.21. The standard InChI is InChI=1S/C14H13Cl3N2O3/c1-14(2)21-8-5-20-12(11(8)22-14)10-13(17)18-9-3-6(15)7(16)4-19(9)10/h3-4,8,11-12H,5H2,1-2H3/t8-,11-,12-/m0/s1. The third kappa shape index (κ3) is 2.23. The van der Waals surface area contributed by atoms with Gasteiger partial charge in [0.1, 0.15) is 24.0 Å². The van der Waals surface area contributed by atoms with Gasteiger partial charge in [-0.1, -0.05) is 34.8 Å². The molecular weight excluding hydrogens is 351 g/mol. The van der Waals surface area contributed by atoms with Crippen molar-refractivity contribution in [2.75, 3.05) is 6.61 Å². The van der Waals surface area contributed by atoms with E-state index in [1.54, 1.807) is 16.7 Å². The highest BCUT2D eigenvalue weighted by molar-refractivity contribution is 6.42. The summed E-state index contributed by atoms with van der Waals surface area (Å²) in [7, 11) is 0. The van der Waals surface area contributed by atoms with Gasteiger partial charge in [-0.05, 0) is 13.8 Å². The number of ether oxygens (including phenoxy) is 3. The van der Waals surface area contributed by atoms with Crippen molar-refractivity contribution in [3.05, 3.63) is 33.2 Å². The number of rotatable bonds is 1. The van der Waals surface area contributed by atoms with E-state index in [1.165, 1.54) is 0 Å². The van der Waals surface area contributed by atoms with Crippen molar-refractivity contribution in [3.63, 3.8) is 0 Å². The Bertz CT molecular complexity index is 761. The molecule has 4 heterocycles. The zero-order valence-corrected chi connectivity index (χ0v) is 14.1. The van der Waals surface area contributed by atoms with Crippen molar-refractivity contribution >= 4 is 40.4 Å². The third-order valence-electron chi connectivity index (χ3n) is 3.89. The van der Waals surface area contributed by atoms with E-state index < -0.39 is 5.79 Å². The predicted molar refractivity (Wildman–Crippen MR) is 82.7 cm³/mol. The number of aromatic nitrogens is 2. The molecule has 0 unspecified atom stereocenters. The van der Waals surface area contributed by atoms with E-state index in [9.17, 15) is 0 Å². The maximum absolute atomic E-state index is 6.32. The molecule has 4 rings (SSSR count). The van der Waals surface area contributed by atoms with Gasteiger partial charge in [0.2, 0.25) is 0 Å². The van der Waals surface area contributed by atoms with Crippen molar-refractivity contribution in [1.82, 2.24) is 9.38 Å². The third-order valence-corrected chi connectivity index (χ3v) is 4.88. The maximum atomic E-state index is 6.32. The fourth-order valence-electron chi connectivity index (χ4n) is 3.06. The zero-order chi connectivity index (χ0) is 15.6. The molecule has 0 N–H and O–H groups in total. The van der Waals surface area contributed by atoms with Crippen LogP contribution in [0.3, 0.4) is 0 Å². The van der Waals surface area contributed by atoms with E-state index in [0.717, 1.165) is 0 Å². The van der Waals surface area contributed by atoms with Crippen LogP contribution in [0.1, 0.15) is 25.6 Å². The van der Waals surface area contributed by atoms with E-state index in [-0.39, 0.29) is 18.3 Å². The lowest BCUT2D eigenvalue weighted by molar-refractivity contribution is -0.176. The molecule has 2 saturated heterocycles. The van der Waals surface area contributed by atoms with E-state index in [0.29, 0.717) is 33.1 Å². The van der Waals surface area contributed by atoms with E-state index in [4.69, 9.17) is 49.0 Å². The Morgan fingerprint density at radius 3 is 2.77 bits per heavy atom. The van der Waals surface area contributed by atoms with Gasteiger partial charge in [-0.25, -0.2) is 4.98 Å². The molecule has 0 spiro atoms. The minimum atomic E-state index is -0.634. The Kier molecular flexibility index (Phi) is 3.39. The molecule has 2 aromatic rings. The Labute approximate surface area is 142 Å². The molecule has 118 valence electrons. The average molecular weight is 364 g/mol. The number of imidazole rings is 1. The lowest BCUT2D eigenvalue weighted by atomic mass is 10.1. The van der Waals surface area contributed by atoms with Gasteiger partial charge >= 0.3 is 0 Å². The van der Waals surface area contributed by atoms with Gasteiger partial charge in [-0.2, -0.15) is 0 Å². The first kappa shape index (κ1) is 15.0. The fourth-order valence-corrected chi connectivity index (χ4v) is 3.64. The topological polar surface area (TPSA) is 45.0 Å². The van der Waals surface area contributed by atoms with Crippen LogP contribution in [0.4, 0.5) is 0 Å². The van der Waals surface area contributed by atoms with Gasteiger partial charge in [0.05, 0.1) is 22.3 Å². The van der Waals surface area contributed by atoms with Crippen LogP contribution in [0.2, 0.25) is 15.2 Å². The van der Waals surface area contributed by atoms with E-state index in [1.807, 2.05) is 13.8 Å². The highest BCUT2D eigenvalue weighted by Gasteiger charge is 2.52. The smallest absolute Gasteiger partial charge is 0.164 e. The largest absolute Gasteiger partial charge is 0.366 e. The van der Waals surface area contributed by atoms with Crippen molar-refractivity contribution in [1.29, 1.82) is 0 Å². The van der Waals surface area contributed by atoms with Gasteiger partial charge in [0, 0.05) is 12.3 Å². The monoisotopic (exact) mass is 362 g/mol. The van der Waals surface area contributed by atoms with Crippen LogP contribution in [0.15, 0.2) is 12.3 Å². The molecule has 2 aromatic heterocycles. The SMILES string of the molecule is CC1(C)O[C@H]2[C@H](CO[C@H]2c2c(Cl)nc3cc(Cl)c(Cl)cn23)O1. The second kappa shape index (κ2) is 4.97. The highest BCUT2D eigenvalue weighted by Crippen LogP contribution is 2.44. The minimum Gasteiger partial charge on any atom is -0.366 e. The first-order chi connectivity index (χ1) is 10.4. The minimum absolute atomic E-state index is 0.121. The summed E-state index contributed by atoms with van der Waals surface area (Å²) in [4.78, 5) is 4.32. The molecule has 0 aliphatic carbocycles. The quantitative estimate of drug-likeness (QED) is 0.771. The Balaban J connectivity index is 1.81. The van der Waals surface area contributed by atoms with Crippen molar-refractivity contribution in [2.45, 2.75) is 37.9 Å². The predicted octanol–water partition coefficient (Wildman–Crippen LogP) is 3.89. The highest BCUT2D eigenvalue weighted by atomic mass is 35.5. The number of nitrogens with zero attached hydrogens (tertiary/aromatic N) is 2. The first-order valence-electron chi connectivity index (χ1n) is 6.85. The summed E-state index contributed by atoms with van der Waals surface area (Å²) >= 11 is 18.5. The molecule has 0 amide bonds. The Morgan fingerprint density at radius 1 is 1.23 bits per heavy atom. The van der Waals surface area contributed by atoms with Crippen LogP contribution < -0.4 is 0 Å². The van der Waals surface area contributed by atoms with Crippen LogP contribution in [0.5, 0.6) is 0 Å². The molecule has 0 saturated carbocycles. The Morgan fingerprint density at radius 2 is 2.00 bits per heavy atom. The summed E-state index contributed by atoms with van der Waals surface area (Å²) in [5.41, 5.74) is 1.31. The van der Waals surface area contributed by atoms with Gasteiger partial charge in [0.15, 0.2) is 10.9 Å². The molecule has 0 bridgehead atoms. The Hall–Kier alpha value is -0.560. The number of hydrogen-bond donors (Lipinski definition) is 0. The summed E-state index contributed by atoms with van der Waals surface area (Å²) in [6.07, 6.45) is 0.961. The first-order valence-corrected chi connectivity index (χ1v) is 7.99. The summed E-state index contributed by atoms with van der Waals surface area (Å²) in [6.45, 7) is 4.22. The molecule has 5 nitrogen and oxygen atoms in total. The molecule has 0 aromatic carbocycles. The van der Waals surface area contributed by atoms with Crippen molar-refractivity contribution in [2.24, 2.45) is 0 Å². The van der Waals surface area contributed by atoms with E-state index in [2.05, 4.69) is 4.98 Å². The van der Waals surface area contributed by atoms with Crippen LogP contribution in [0, 0.1) is 0 Å². The van der Waals surface area contributed by atoms with Gasteiger partial charge in [-0.3, -0.25) is 4.40 Å². The average Bonchev–Trinajstić information content (AvgIpc) is 3.00. The van der Waals surface area contributed by atoms with Crippen molar-refractivity contribution in [3.8, 4) is 0 Å². The molecule has 0 radical (unpaired) electrons. The zero-order valence-electron chi connectivity index (χ0n) is 11.8. The van der Waals surface area contributed by atoms with Crippen LogP contribution in [-0.4, -0.2) is 34.0 Å². The fraction of sp³-hybridized carbons (Fsp3) is 0.500. The van der Waals surface area contributed by atoms with Gasteiger partial charge in [-0.15, -0.1) is 0 Å². The van der Waals surface area contributed by atoms with Crippen molar-refractivity contribution < 1.29 is 14.2 Å². The number of hydrogen-bond acceptors (Lipinski definition) is 4. The number of halogens is 3. The lowest BCUT2D eigenvalue weighted by Crippen LogP contribution is -2.25. The molecular formula is C14H13Cl3N2O3. The maximum Gasteiger partial charge on any atom is 0.164 e. The van der Waals surface area contributed by atoms with Gasteiger partial charge in [0.25, 0.3) is 0 Å². The van der Waals surface area contributed by atoms with Gasteiger partial charge < -0.3 is 14.2 Å². The molecule has 2 fully saturated rings. The summed E-state index contributed by atoms with van der Waals surface area (Å²) in [5, 5.41) is 1.19. The summed E-state index contributed by atoms with van der Waals surface area (Å²) in [6, 6.07) is 1.67. The molecule has 22 heavy (non-hydrogen) atoms. The van der Waals surface area contributed by atoms with Crippen LogP contribution >= 0.6 is 34.8 Å². The molecule has 8 heteroatoms. The molecule has 3 atom stereocenters. The van der Waals surface area contributed by atoms with Crippen LogP contribution in [0.25, 0.3) is 5.65 Å². The van der Waals surface area contributed by atoms with Crippen LogP contribution in [-0.2, 0) is 14.2 Å². The summed E-state index contributed by atoms with van der Waals surface area (Å²) < 4.78 is 19.4. The second-order valence-electron chi connectivity index (χ2n) is 5.88. The number of pyridine rings is 1.